The summed E-state index contributed by atoms with van der Waals surface area (Å²) in [6.07, 6.45) is 0. The zero-order valence-corrected chi connectivity index (χ0v) is 13.6. The van der Waals surface area contributed by atoms with Gasteiger partial charge in [-0.1, -0.05) is 18.2 Å². The van der Waals surface area contributed by atoms with Crippen molar-refractivity contribution in [2.24, 2.45) is 0 Å². The standard InChI is InChI=1S/C20H12N4O2/c21-9-12-1-3-13(4-2-12)17-8-15(16(10-22)20(23)24-17)14-5-6-18-19(7-14)26-11-25-18/h1-8H,11H2,(H2,23,24). The molecular formula is C20H12N4O2. The van der Waals surface area contributed by atoms with Gasteiger partial charge in [-0.05, 0) is 35.9 Å². The maximum absolute atomic E-state index is 9.52. The Hall–Kier alpha value is -4.03. The summed E-state index contributed by atoms with van der Waals surface area (Å²) in [5.41, 5.74) is 9.79. The first-order valence-corrected chi connectivity index (χ1v) is 7.81. The lowest BCUT2D eigenvalue weighted by molar-refractivity contribution is 0.174. The van der Waals surface area contributed by atoms with Gasteiger partial charge in [-0.25, -0.2) is 4.98 Å². The lowest BCUT2D eigenvalue weighted by Gasteiger charge is -2.11. The van der Waals surface area contributed by atoms with Gasteiger partial charge in [-0.15, -0.1) is 0 Å². The third-order valence-electron chi connectivity index (χ3n) is 4.15. The van der Waals surface area contributed by atoms with Gasteiger partial charge >= 0.3 is 0 Å². The molecule has 6 heteroatoms. The van der Waals surface area contributed by atoms with Crippen LogP contribution in [0.5, 0.6) is 11.5 Å². The van der Waals surface area contributed by atoms with E-state index < -0.39 is 0 Å². The number of nitrogens with zero attached hydrogens (tertiary/aromatic N) is 3. The predicted octanol–water partition coefficient (Wildman–Crippen LogP) is 3.47. The van der Waals surface area contributed by atoms with Crippen LogP contribution in [-0.4, -0.2) is 11.8 Å². The van der Waals surface area contributed by atoms with Gasteiger partial charge in [0.25, 0.3) is 0 Å². The number of fused-ring (bicyclic) bond motifs is 1. The van der Waals surface area contributed by atoms with Crippen LogP contribution < -0.4 is 15.2 Å². The molecule has 2 heterocycles. The first-order chi connectivity index (χ1) is 12.7. The molecule has 0 saturated heterocycles. The molecule has 0 fully saturated rings. The van der Waals surface area contributed by atoms with Gasteiger partial charge < -0.3 is 15.2 Å². The predicted molar refractivity (Wildman–Crippen MR) is 95.1 cm³/mol. The molecular weight excluding hydrogens is 328 g/mol. The molecule has 3 aromatic rings. The van der Waals surface area contributed by atoms with E-state index in [1.165, 1.54) is 0 Å². The fourth-order valence-electron chi connectivity index (χ4n) is 2.84. The van der Waals surface area contributed by atoms with E-state index in [4.69, 9.17) is 20.5 Å². The zero-order valence-electron chi connectivity index (χ0n) is 13.6. The van der Waals surface area contributed by atoms with Gasteiger partial charge in [0.1, 0.15) is 17.5 Å². The minimum atomic E-state index is 0.155. The van der Waals surface area contributed by atoms with Crippen molar-refractivity contribution in [1.82, 2.24) is 4.98 Å². The second-order valence-corrected chi connectivity index (χ2v) is 5.68. The second-order valence-electron chi connectivity index (χ2n) is 5.68. The number of nitriles is 2. The summed E-state index contributed by atoms with van der Waals surface area (Å²) in [4.78, 5) is 4.34. The summed E-state index contributed by atoms with van der Waals surface area (Å²) in [5.74, 6) is 1.45. The van der Waals surface area contributed by atoms with E-state index >= 15 is 0 Å². The summed E-state index contributed by atoms with van der Waals surface area (Å²) < 4.78 is 10.8. The van der Waals surface area contributed by atoms with Crippen LogP contribution >= 0.6 is 0 Å². The average Bonchev–Trinajstić information content (AvgIpc) is 3.15. The van der Waals surface area contributed by atoms with Crippen molar-refractivity contribution in [3.8, 4) is 46.0 Å². The van der Waals surface area contributed by atoms with Gasteiger partial charge in [0.15, 0.2) is 11.5 Å². The normalized spacial score (nSPS) is 11.6. The second kappa shape index (κ2) is 6.12. The number of anilines is 1. The van der Waals surface area contributed by atoms with E-state index in [2.05, 4.69) is 17.1 Å². The van der Waals surface area contributed by atoms with Crippen LogP contribution in [0.15, 0.2) is 48.5 Å². The number of hydrogen-bond donors (Lipinski definition) is 1. The van der Waals surface area contributed by atoms with Gasteiger partial charge in [0.05, 0.1) is 17.3 Å². The summed E-state index contributed by atoms with van der Waals surface area (Å²) in [5, 5.41) is 18.5. The van der Waals surface area contributed by atoms with Crippen molar-refractivity contribution >= 4 is 5.82 Å². The van der Waals surface area contributed by atoms with E-state index in [-0.39, 0.29) is 12.6 Å². The van der Waals surface area contributed by atoms with E-state index in [1.807, 2.05) is 18.2 Å². The first kappa shape index (κ1) is 15.5. The molecule has 0 aliphatic carbocycles. The fourth-order valence-corrected chi connectivity index (χ4v) is 2.84. The summed E-state index contributed by atoms with van der Waals surface area (Å²) in [6, 6.07) is 18.5. The Bertz CT molecular complexity index is 1090. The lowest BCUT2D eigenvalue weighted by atomic mass is 9.98. The highest BCUT2D eigenvalue weighted by Crippen LogP contribution is 2.38. The highest BCUT2D eigenvalue weighted by Gasteiger charge is 2.18. The molecule has 1 aromatic heterocycles. The SMILES string of the molecule is N#Cc1ccc(-c2cc(-c3ccc4c(c3)OCO4)c(C#N)c(N)n2)cc1. The zero-order chi connectivity index (χ0) is 18.1. The number of rotatable bonds is 2. The number of aromatic nitrogens is 1. The van der Waals surface area contributed by atoms with Gasteiger partial charge in [-0.3, -0.25) is 0 Å². The van der Waals surface area contributed by atoms with Crippen molar-refractivity contribution in [2.75, 3.05) is 12.5 Å². The molecule has 1 aliphatic rings. The largest absolute Gasteiger partial charge is 0.454 e. The van der Waals surface area contributed by atoms with Crippen molar-refractivity contribution in [2.45, 2.75) is 0 Å². The molecule has 124 valence electrons. The highest BCUT2D eigenvalue weighted by molar-refractivity contribution is 5.81. The van der Waals surface area contributed by atoms with Crippen LogP contribution in [0, 0.1) is 22.7 Å². The van der Waals surface area contributed by atoms with Crippen LogP contribution in [0.2, 0.25) is 0 Å². The Labute approximate surface area is 149 Å². The Morgan fingerprint density at radius 3 is 2.35 bits per heavy atom. The van der Waals surface area contributed by atoms with Gasteiger partial charge in [-0.2, -0.15) is 10.5 Å². The quantitative estimate of drug-likeness (QED) is 0.766. The van der Waals surface area contributed by atoms with Crippen molar-refractivity contribution in [3.05, 3.63) is 59.7 Å². The molecule has 1 aliphatic heterocycles. The highest BCUT2D eigenvalue weighted by atomic mass is 16.7. The Morgan fingerprint density at radius 1 is 0.885 bits per heavy atom. The topological polar surface area (TPSA) is 105 Å². The number of nitrogens with two attached hydrogens (primary N) is 1. The van der Waals surface area contributed by atoms with E-state index in [0.29, 0.717) is 33.9 Å². The minimum absolute atomic E-state index is 0.155. The number of nitrogen functional groups attached to an aromatic ring is 1. The maximum Gasteiger partial charge on any atom is 0.231 e. The Balaban J connectivity index is 1.87. The smallest absolute Gasteiger partial charge is 0.231 e. The van der Waals surface area contributed by atoms with E-state index in [1.54, 1.807) is 30.3 Å². The van der Waals surface area contributed by atoms with Crippen molar-refractivity contribution in [3.63, 3.8) is 0 Å². The molecule has 0 spiro atoms. The molecule has 4 rings (SSSR count). The molecule has 2 aromatic carbocycles. The third-order valence-corrected chi connectivity index (χ3v) is 4.15. The van der Waals surface area contributed by atoms with Gasteiger partial charge in [0, 0.05) is 11.1 Å². The van der Waals surface area contributed by atoms with Crippen LogP contribution in [0.25, 0.3) is 22.4 Å². The Morgan fingerprint density at radius 2 is 1.62 bits per heavy atom. The lowest BCUT2D eigenvalue weighted by Crippen LogP contribution is -2.00. The maximum atomic E-state index is 9.52. The molecule has 0 saturated carbocycles. The van der Waals surface area contributed by atoms with E-state index in [0.717, 1.165) is 11.1 Å². The fraction of sp³-hybridized carbons (Fsp3) is 0.0500. The third kappa shape index (κ3) is 2.56. The monoisotopic (exact) mass is 340 g/mol. The Kier molecular flexibility index (Phi) is 3.65. The number of pyridine rings is 1. The molecule has 0 amide bonds. The van der Waals surface area contributed by atoms with Crippen molar-refractivity contribution in [1.29, 1.82) is 10.5 Å². The van der Waals surface area contributed by atoms with Gasteiger partial charge in [0.2, 0.25) is 6.79 Å². The number of hydrogen-bond acceptors (Lipinski definition) is 6. The summed E-state index contributed by atoms with van der Waals surface area (Å²) in [6.45, 7) is 0.179. The van der Waals surface area contributed by atoms with Crippen LogP contribution in [0.3, 0.4) is 0 Å². The molecule has 0 radical (unpaired) electrons. The minimum Gasteiger partial charge on any atom is -0.454 e. The molecule has 2 N–H and O–H groups in total. The molecule has 0 unspecified atom stereocenters. The number of benzene rings is 2. The molecule has 6 nitrogen and oxygen atoms in total. The molecule has 0 atom stereocenters. The average molecular weight is 340 g/mol. The molecule has 0 bridgehead atoms. The summed E-state index contributed by atoms with van der Waals surface area (Å²) in [7, 11) is 0. The first-order valence-electron chi connectivity index (χ1n) is 7.81. The van der Waals surface area contributed by atoms with Crippen LogP contribution in [-0.2, 0) is 0 Å². The molecule has 26 heavy (non-hydrogen) atoms. The van der Waals surface area contributed by atoms with Crippen LogP contribution in [0.1, 0.15) is 11.1 Å². The van der Waals surface area contributed by atoms with Crippen LogP contribution in [0.4, 0.5) is 5.82 Å². The van der Waals surface area contributed by atoms with E-state index in [9.17, 15) is 5.26 Å². The number of ether oxygens (including phenoxy) is 2. The summed E-state index contributed by atoms with van der Waals surface area (Å²) >= 11 is 0. The van der Waals surface area contributed by atoms with Crippen molar-refractivity contribution < 1.29 is 9.47 Å².